The average molecular weight is 340 g/mol. The molecule has 0 bridgehead atoms. The van der Waals surface area contributed by atoms with Crippen LogP contribution >= 0.6 is 0 Å². The minimum atomic E-state index is -0.542. The summed E-state index contributed by atoms with van der Waals surface area (Å²) in [5.41, 5.74) is 2.11. The maximum Gasteiger partial charge on any atom is 0.242 e. The van der Waals surface area contributed by atoms with Crippen LogP contribution in [-0.2, 0) is 22.6 Å². The third-order valence-electron chi connectivity index (χ3n) is 4.48. The van der Waals surface area contributed by atoms with Crippen molar-refractivity contribution in [3.63, 3.8) is 0 Å². The molecule has 0 saturated carbocycles. The first-order chi connectivity index (χ1) is 12.1. The van der Waals surface area contributed by atoms with Crippen LogP contribution in [0.1, 0.15) is 31.0 Å². The topological polar surface area (TPSA) is 67.2 Å². The molecule has 2 aromatic rings. The highest BCUT2D eigenvalue weighted by Gasteiger charge is 2.32. The monoisotopic (exact) mass is 340 g/mol. The molecule has 1 aliphatic heterocycles. The molecule has 0 radical (unpaired) electrons. The van der Waals surface area contributed by atoms with E-state index in [1.54, 1.807) is 16.5 Å². The molecule has 6 nitrogen and oxygen atoms in total. The molecule has 3 rings (SSSR count). The fourth-order valence-corrected chi connectivity index (χ4v) is 3.17. The van der Waals surface area contributed by atoms with Crippen molar-refractivity contribution in [3.8, 4) is 0 Å². The summed E-state index contributed by atoms with van der Waals surface area (Å²) in [6, 6.07) is 11.5. The molecule has 1 atom stereocenters. The molecule has 1 aromatic carbocycles. The Hall–Kier alpha value is -2.63. The van der Waals surface area contributed by atoms with Crippen LogP contribution in [0.25, 0.3) is 0 Å². The van der Waals surface area contributed by atoms with Gasteiger partial charge in [0.1, 0.15) is 11.9 Å². The Morgan fingerprint density at radius 3 is 2.84 bits per heavy atom. The van der Waals surface area contributed by atoms with E-state index in [4.69, 9.17) is 0 Å². The highest BCUT2D eigenvalue weighted by molar-refractivity contribution is 6.00. The van der Waals surface area contributed by atoms with Crippen LogP contribution in [0.3, 0.4) is 0 Å². The standard InChI is InChI=1S/C19H24N4O2/c1-14-13-17-22(21-14)12-10-18(24)23(17)15(2)19(25)20-11-6-9-16-7-4-3-5-8-16/h3-5,7-8,13,15H,6,9-12H2,1-2H3,(H,20,25). The Balaban J connectivity index is 1.56. The van der Waals surface area contributed by atoms with Gasteiger partial charge in [0, 0.05) is 19.0 Å². The first-order valence-electron chi connectivity index (χ1n) is 8.74. The summed E-state index contributed by atoms with van der Waals surface area (Å²) < 4.78 is 1.80. The molecular formula is C19H24N4O2. The Morgan fingerprint density at radius 1 is 1.32 bits per heavy atom. The fourth-order valence-electron chi connectivity index (χ4n) is 3.17. The Bertz CT molecular complexity index is 754. The third-order valence-corrected chi connectivity index (χ3v) is 4.48. The molecule has 2 heterocycles. The number of amides is 2. The fraction of sp³-hybridized carbons (Fsp3) is 0.421. The number of hydrogen-bond donors (Lipinski definition) is 1. The van der Waals surface area contributed by atoms with Crippen LogP contribution in [-0.4, -0.2) is 34.2 Å². The number of aryl methyl sites for hydroxylation is 3. The van der Waals surface area contributed by atoms with Crippen molar-refractivity contribution in [1.82, 2.24) is 15.1 Å². The van der Waals surface area contributed by atoms with Crippen LogP contribution < -0.4 is 10.2 Å². The van der Waals surface area contributed by atoms with Gasteiger partial charge >= 0.3 is 0 Å². The number of nitrogens with zero attached hydrogens (tertiary/aromatic N) is 3. The van der Waals surface area contributed by atoms with Crippen LogP contribution in [0.15, 0.2) is 36.4 Å². The molecule has 1 aliphatic rings. The number of rotatable bonds is 6. The smallest absolute Gasteiger partial charge is 0.242 e. The Labute approximate surface area is 147 Å². The highest BCUT2D eigenvalue weighted by Crippen LogP contribution is 2.24. The SMILES string of the molecule is Cc1cc2n(n1)CCC(=O)N2C(C)C(=O)NCCCc1ccccc1. The molecule has 132 valence electrons. The van der Waals surface area contributed by atoms with Crippen molar-refractivity contribution >= 4 is 17.6 Å². The molecule has 6 heteroatoms. The van der Waals surface area contributed by atoms with Crippen molar-refractivity contribution < 1.29 is 9.59 Å². The maximum absolute atomic E-state index is 12.5. The van der Waals surface area contributed by atoms with Crippen LogP contribution in [0.4, 0.5) is 5.82 Å². The predicted molar refractivity (Wildman–Crippen MR) is 96.3 cm³/mol. The molecule has 0 saturated heterocycles. The lowest BCUT2D eigenvalue weighted by molar-refractivity contribution is -0.126. The van der Waals surface area contributed by atoms with Gasteiger partial charge in [0.25, 0.3) is 0 Å². The lowest BCUT2D eigenvalue weighted by Crippen LogP contribution is -2.51. The van der Waals surface area contributed by atoms with Crippen molar-refractivity contribution in [2.75, 3.05) is 11.4 Å². The number of nitrogens with one attached hydrogen (secondary N) is 1. The van der Waals surface area contributed by atoms with E-state index in [1.165, 1.54) is 5.56 Å². The van der Waals surface area contributed by atoms with Gasteiger partial charge in [-0.3, -0.25) is 14.5 Å². The summed E-state index contributed by atoms with van der Waals surface area (Å²) in [5, 5.41) is 7.32. The van der Waals surface area contributed by atoms with E-state index in [0.717, 1.165) is 18.5 Å². The molecule has 25 heavy (non-hydrogen) atoms. The van der Waals surface area contributed by atoms with Crippen LogP contribution in [0, 0.1) is 6.92 Å². The summed E-state index contributed by atoms with van der Waals surface area (Å²) in [4.78, 5) is 26.4. The lowest BCUT2D eigenvalue weighted by atomic mass is 10.1. The third kappa shape index (κ3) is 3.90. The number of carbonyl (C=O) groups is 2. The van der Waals surface area contributed by atoms with Crippen molar-refractivity contribution in [2.45, 2.75) is 45.7 Å². The van der Waals surface area contributed by atoms with E-state index in [9.17, 15) is 9.59 Å². The maximum atomic E-state index is 12.5. The van der Waals surface area contributed by atoms with Gasteiger partial charge in [0.05, 0.1) is 12.2 Å². The molecule has 0 aliphatic carbocycles. The second kappa shape index (κ2) is 7.51. The molecule has 1 N–H and O–H groups in total. The average Bonchev–Trinajstić information content (AvgIpc) is 2.99. The van der Waals surface area contributed by atoms with Crippen molar-refractivity contribution in [2.24, 2.45) is 0 Å². The number of benzene rings is 1. The zero-order valence-electron chi connectivity index (χ0n) is 14.7. The molecule has 0 fully saturated rings. The number of anilines is 1. The summed E-state index contributed by atoms with van der Waals surface area (Å²) in [7, 11) is 0. The molecule has 2 amide bonds. The Morgan fingerprint density at radius 2 is 2.08 bits per heavy atom. The van der Waals surface area contributed by atoms with Gasteiger partial charge in [0.15, 0.2) is 0 Å². The molecule has 0 spiro atoms. The van der Waals surface area contributed by atoms with Gasteiger partial charge in [0.2, 0.25) is 11.8 Å². The van der Waals surface area contributed by atoms with Gasteiger partial charge in [-0.1, -0.05) is 30.3 Å². The van der Waals surface area contributed by atoms with E-state index >= 15 is 0 Å². The second-order valence-electron chi connectivity index (χ2n) is 6.44. The van der Waals surface area contributed by atoms with Crippen molar-refractivity contribution in [1.29, 1.82) is 0 Å². The molecule has 1 unspecified atom stereocenters. The number of fused-ring (bicyclic) bond motifs is 1. The molecule has 1 aromatic heterocycles. The first kappa shape index (κ1) is 17.2. The first-order valence-corrected chi connectivity index (χ1v) is 8.74. The van der Waals surface area contributed by atoms with Crippen molar-refractivity contribution in [3.05, 3.63) is 47.7 Å². The van der Waals surface area contributed by atoms with Gasteiger partial charge in [-0.05, 0) is 32.3 Å². The summed E-state index contributed by atoms with van der Waals surface area (Å²) in [6.45, 7) is 4.83. The molecular weight excluding hydrogens is 316 g/mol. The minimum absolute atomic E-state index is 0.0284. The predicted octanol–water partition coefficient (Wildman–Crippen LogP) is 2.07. The van der Waals surface area contributed by atoms with Crippen LogP contribution in [0.5, 0.6) is 0 Å². The van der Waals surface area contributed by atoms with Crippen LogP contribution in [0.2, 0.25) is 0 Å². The lowest BCUT2D eigenvalue weighted by Gasteiger charge is -2.31. The summed E-state index contributed by atoms with van der Waals surface area (Å²) in [5.74, 6) is 0.550. The van der Waals surface area contributed by atoms with Gasteiger partial charge < -0.3 is 5.32 Å². The Kier molecular flexibility index (Phi) is 5.16. The number of aromatic nitrogens is 2. The number of carbonyl (C=O) groups excluding carboxylic acids is 2. The zero-order chi connectivity index (χ0) is 17.8. The van der Waals surface area contributed by atoms with E-state index in [2.05, 4.69) is 22.5 Å². The van der Waals surface area contributed by atoms with Gasteiger partial charge in [-0.2, -0.15) is 5.10 Å². The quantitative estimate of drug-likeness (QED) is 0.819. The summed E-state index contributed by atoms with van der Waals surface area (Å²) in [6.07, 6.45) is 2.16. The normalized spacial score (nSPS) is 15.0. The van der Waals surface area contributed by atoms with Gasteiger partial charge in [-0.25, -0.2) is 4.68 Å². The summed E-state index contributed by atoms with van der Waals surface area (Å²) >= 11 is 0. The van der Waals surface area contributed by atoms with Gasteiger partial charge in [-0.15, -0.1) is 0 Å². The van der Waals surface area contributed by atoms with E-state index in [1.807, 2.05) is 31.2 Å². The highest BCUT2D eigenvalue weighted by atomic mass is 16.2. The largest absolute Gasteiger partial charge is 0.354 e. The second-order valence-corrected chi connectivity index (χ2v) is 6.44. The minimum Gasteiger partial charge on any atom is -0.354 e. The van der Waals surface area contributed by atoms with E-state index in [-0.39, 0.29) is 11.8 Å². The van der Waals surface area contributed by atoms with E-state index < -0.39 is 6.04 Å². The van der Waals surface area contributed by atoms with E-state index in [0.29, 0.717) is 25.3 Å². The number of hydrogen-bond acceptors (Lipinski definition) is 3. The zero-order valence-corrected chi connectivity index (χ0v) is 14.7.